The van der Waals surface area contributed by atoms with Crippen molar-refractivity contribution in [2.75, 3.05) is 12.4 Å². The molecule has 0 spiro atoms. The average Bonchev–Trinajstić information content (AvgIpc) is 2.60. The van der Waals surface area contributed by atoms with E-state index >= 15 is 0 Å². The van der Waals surface area contributed by atoms with Crippen molar-refractivity contribution in [1.82, 2.24) is 4.98 Å². The van der Waals surface area contributed by atoms with Gasteiger partial charge >= 0.3 is 0 Å². The zero-order valence-corrected chi connectivity index (χ0v) is 16.7. The minimum absolute atomic E-state index is 0. The van der Waals surface area contributed by atoms with Crippen molar-refractivity contribution in [3.05, 3.63) is 65.3 Å². The molecule has 0 saturated heterocycles. The van der Waals surface area contributed by atoms with E-state index in [0.29, 0.717) is 23.3 Å². The van der Waals surface area contributed by atoms with Crippen LogP contribution in [0.4, 0.5) is 5.69 Å². The molecule has 0 amide bonds. The van der Waals surface area contributed by atoms with Gasteiger partial charge in [-0.15, -0.1) is 24.0 Å². The second-order valence-corrected chi connectivity index (χ2v) is 5.58. The standard InChI is InChI=1S/C18H17ClN4O.HI/c1-24-16-8-7-14(10-15(16)19)23-18(20)22-11-13-5-2-4-12-6-3-9-21-17(12)13;/h2-10H,11H2,1H3,(H3,20,22,23);1H. The molecule has 0 radical (unpaired) electrons. The summed E-state index contributed by atoms with van der Waals surface area (Å²) in [5.41, 5.74) is 8.66. The Hall–Kier alpha value is -2.06. The van der Waals surface area contributed by atoms with E-state index in [1.807, 2.05) is 36.4 Å². The number of aromatic nitrogens is 1. The summed E-state index contributed by atoms with van der Waals surface area (Å²) < 4.78 is 5.12. The molecule has 0 aliphatic heterocycles. The zero-order chi connectivity index (χ0) is 16.9. The van der Waals surface area contributed by atoms with Crippen LogP contribution in [0.3, 0.4) is 0 Å². The van der Waals surface area contributed by atoms with Crippen LogP contribution >= 0.6 is 35.6 Å². The maximum absolute atomic E-state index is 6.10. The van der Waals surface area contributed by atoms with Gasteiger partial charge in [-0.25, -0.2) is 4.99 Å². The fraction of sp³-hybridized carbons (Fsp3) is 0.111. The average molecular weight is 469 g/mol. The van der Waals surface area contributed by atoms with Crippen LogP contribution in [0, 0.1) is 0 Å². The van der Waals surface area contributed by atoms with Crippen LogP contribution in [0.15, 0.2) is 59.7 Å². The highest BCUT2D eigenvalue weighted by Crippen LogP contribution is 2.27. The fourth-order valence-corrected chi connectivity index (χ4v) is 2.65. The van der Waals surface area contributed by atoms with E-state index in [9.17, 15) is 0 Å². The largest absolute Gasteiger partial charge is 0.495 e. The predicted molar refractivity (Wildman–Crippen MR) is 114 cm³/mol. The van der Waals surface area contributed by atoms with E-state index in [1.165, 1.54) is 0 Å². The van der Waals surface area contributed by atoms with Gasteiger partial charge in [-0.05, 0) is 29.8 Å². The van der Waals surface area contributed by atoms with Crippen molar-refractivity contribution in [2.45, 2.75) is 6.54 Å². The molecule has 5 nitrogen and oxygen atoms in total. The van der Waals surface area contributed by atoms with E-state index in [4.69, 9.17) is 22.1 Å². The van der Waals surface area contributed by atoms with Crippen LogP contribution in [0.2, 0.25) is 5.02 Å². The second-order valence-electron chi connectivity index (χ2n) is 5.17. The number of benzene rings is 2. The number of methoxy groups -OCH3 is 1. The second kappa shape index (κ2) is 8.87. The van der Waals surface area contributed by atoms with Crippen molar-refractivity contribution in [1.29, 1.82) is 0 Å². The Balaban J connectivity index is 0.00000225. The predicted octanol–water partition coefficient (Wildman–Crippen LogP) is 4.44. The molecule has 0 aliphatic carbocycles. The Labute approximate surface area is 168 Å². The first-order chi connectivity index (χ1) is 11.7. The molecule has 3 N–H and O–H groups in total. The fourth-order valence-electron chi connectivity index (χ4n) is 2.40. The van der Waals surface area contributed by atoms with Crippen LogP contribution in [0.25, 0.3) is 10.9 Å². The monoisotopic (exact) mass is 468 g/mol. The Morgan fingerprint density at radius 3 is 2.80 bits per heavy atom. The van der Waals surface area contributed by atoms with Crippen molar-refractivity contribution in [3.63, 3.8) is 0 Å². The van der Waals surface area contributed by atoms with Crippen molar-refractivity contribution < 1.29 is 4.74 Å². The number of pyridine rings is 1. The van der Waals surface area contributed by atoms with Crippen molar-refractivity contribution >= 4 is 58.1 Å². The number of para-hydroxylation sites is 1. The maximum atomic E-state index is 6.10. The molecule has 3 aromatic rings. The van der Waals surface area contributed by atoms with Crippen LogP contribution in [0.5, 0.6) is 5.75 Å². The molecule has 1 heterocycles. The third-order valence-electron chi connectivity index (χ3n) is 3.56. The molecule has 25 heavy (non-hydrogen) atoms. The summed E-state index contributed by atoms with van der Waals surface area (Å²) in [6, 6.07) is 15.3. The third-order valence-corrected chi connectivity index (χ3v) is 3.86. The minimum Gasteiger partial charge on any atom is -0.495 e. The molecule has 2 aromatic carbocycles. The lowest BCUT2D eigenvalue weighted by molar-refractivity contribution is 0.415. The first kappa shape index (κ1) is 19.3. The van der Waals surface area contributed by atoms with Gasteiger partial charge < -0.3 is 15.8 Å². The van der Waals surface area contributed by atoms with Crippen LogP contribution < -0.4 is 15.8 Å². The normalized spacial score (nSPS) is 11.0. The van der Waals surface area contributed by atoms with Gasteiger partial charge in [0.2, 0.25) is 0 Å². The topological polar surface area (TPSA) is 72.5 Å². The quantitative estimate of drug-likeness (QED) is 0.337. The number of guanidine groups is 1. The molecule has 0 aliphatic rings. The van der Waals surface area contributed by atoms with E-state index in [2.05, 4.69) is 15.3 Å². The van der Waals surface area contributed by atoms with E-state index in [-0.39, 0.29) is 24.0 Å². The summed E-state index contributed by atoms with van der Waals surface area (Å²) in [7, 11) is 1.57. The number of hydrogen-bond donors (Lipinski definition) is 2. The Bertz CT molecular complexity index is 896. The molecule has 0 fully saturated rings. The Morgan fingerprint density at radius 1 is 1.24 bits per heavy atom. The highest BCUT2D eigenvalue weighted by Gasteiger charge is 2.04. The SMILES string of the molecule is COc1ccc(NC(N)=NCc2cccc3cccnc23)cc1Cl.I. The number of ether oxygens (including phenoxy) is 1. The van der Waals surface area contributed by atoms with Crippen LogP contribution in [-0.2, 0) is 6.54 Å². The third kappa shape index (κ3) is 4.73. The minimum atomic E-state index is 0. The number of halogens is 2. The van der Waals surface area contributed by atoms with Gasteiger partial charge in [0.1, 0.15) is 5.75 Å². The van der Waals surface area contributed by atoms with Crippen LogP contribution in [0.1, 0.15) is 5.56 Å². The van der Waals surface area contributed by atoms with Gasteiger partial charge in [-0.1, -0.05) is 35.9 Å². The summed E-state index contributed by atoms with van der Waals surface area (Å²) in [6.45, 7) is 0.442. The number of aliphatic imine (C=N–C) groups is 1. The molecule has 1 aromatic heterocycles. The van der Waals surface area contributed by atoms with Crippen molar-refractivity contribution in [3.8, 4) is 5.75 Å². The number of fused-ring (bicyclic) bond motifs is 1. The lowest BCUT2D eigenvalue weighted by Crippen LogP contribution is -2.22. The smallest absolute Gasteiger partial charge is 0.193 e. The summed E-state index contributed by atoms with van der Waals surface area (Å²) in [5, 5.41) is 4.61. The van der Waals surface area contributed by atoms with Crippen molar-refractivity contribution in [2.24, 2.45) is 10.7 Å². The van der Waals surface area contributed by atoms with E-state index in [1.54, 1.807) is 25.4 Å². The summed E-state index contributed by atoms with van der Waals surface area (Å²) in [5.74, 6) is 0.920. The number of hydrogen-bond acceptors (Lipinski definition) is 3. The van der Waals surface area contributed by atoms with Gasteiger partial charge in [0, 0.05) is 17.3 Å². The van der Waals surface area contributed by atoms with Gasteiger partial charge in [0.15, 0.2) is 5.96 Å². The lowest BCUT2D eigenvalue weighted by Gasteiger charge is -2.09. The summed E-state index contributed by atoms with van der Waals surface area (Å²) >= 11 is 6.10. The van der Waals surface area contributed by atoms with E-state index in [0.717, 1.165) is 22.2 Å². The lowest BCUT2D eigenvalue weighted by atomic mass is 10.1. The first-order valence-electron chi connectivity index (χ1n) is 7.40. The molecule has 0 unspecified atom stereocenters. The highest BCUT2D eigenvalue weighted by atomic mass is 127. The van der Waals surface area contributed by atoms with Gasteiger partial charge in [0.25, 0.3) is 0 Å². The molecule has 0 bridgehead atoms. The number of nitrogens with two attached hydrogens (primary N) is 1. The number of nitrogens with zero attached hydrogens (tertiary/aromatic N) is 2. The van der Waals surface area contributed by atoms with Gasteiger partial charge in [-0.3, -0.25) is 4.98 Å². The molecular formula is C18H18ClIN4O. The summed E-state index contributed by atoms with van der Waals surface area (Å²) in [6.07, 6.45) is 1.77. The maximum Gasteiger partial charge on any atom is 0.193 e. The molecule has 3 rings (SSSR count). The molecule has 0 saturated carbocycles. The number of rotatable bonds is 4. The van der Waals surface area contributed by atoms with E-state index < -0.39 is 0 Å². The molecular weight excluding hydrogens is 451 g/mol. The first-order valence-corrected chi connectivity index (χ1v) is 7.78. The molecule has 130 valence electrons. The Morgan fingerprint density at radius 2 is 2.04 bits per heavy atom. The highest BCUT2D eigenvalue weighted by molar-refractivity contribution is 14.0. The van der Waals surface area contributed by atoms with Gasteiger partial charge in [0.05, 0.1) is 24.2 Å². The number of nitrogens with one attached hydrogen (secondary N) is 1. The van der Waals surface area contributed by atoms with Gasteiger partial charge in [-0.2, -0.15) is 0 Å². The molecule has 0 atom stereocenters. The van der Waals surface area contributed by atoms with Crippen LogP contribution in [-0.4, -0.2) is 18.1 Å². The molecule has 7 heteroatoms. The zero-order valence-electron chi connectivity index (χ0n) is 13.6. The number of anilines is 1. The Kier molecular flexibility index (Phi) is 6.83. The summed E-state index contributed by atoms with van der Waals surface area (Å²) in [4.78, 5) is 8.79.